The van der Waals surface area contributed by atoms with Gasteiger partial charge in [0.2, 0.25) is 0 Å². The summed E-state index contributed by atoms with van der Waals surface area (Å²) in [7, 11) is 1.79. The number of nitriles is 1. The fourth-order valence-electron chi connectivity index (χ4n) is 1.77. The molecule has 2 rings (SSSR count). The average Bonchev–Trinajstić information content (AvgIpc) is 2.39. The molecule has 0 bridgehead atoms. The molecule has 3 nitrogen and oxygen atoms in total. The molecule has 0 fully saturated rings. The van der Waals surface area contributed by atoms with Gasteiger partial charge in [0, 0.05) is 19.8 Å². The van der Waals surface area contributed by atoms with Crippen molar-refractivity contribution >= 4 is 17.4 Å². The number of anilines is 1. The molecule has 1 aromatic carbocycles. The molecule has 0 atom stereocenters. The topological polar surface area (TPSA) is 39.9 Å². The minimum atomic E-state index is -0.282. The predicted octanol–water partition coefficient (Wildman–Crippen LogP) is 3.38. The molecular weight excluding hydrogens is 265 g/mol. The van der Waals surface area contributed by atoms with Gasteiger partial charge in [0.25, 0.3) is 0 Å². The molecule has 2 aromatic rings. The van der Waals surface area contributed by atoms with Crippen LogP contribution in [0.4, 0.5) is 10.2 Å². The van der Waals surface area contributed by atoms with Gasteiger partial charge in [-0.1, -0.05) is 23.7 Å². The van der Waals surface area contributed by atoms with Crippen molar-refractivity contribution in [2.24, 2.45) is 0 Å². The van der Waals surface area contributed by atoms with Crippen LogP contribution < -0.4 is 4.90 Å². The number of hydrogen-bond acceptors (Lipinski definition) is 3. The first kappa shape index (κ1) is 13.3. The summed E-state index contributed by atoms with van der Waals surface area (Å²) in [6.07, 6.45) is 1.53. The Labute approximate surface area is 115 Å². The number of aromatic nitrogens is 1. The van der Waals surface area contributed by atoms with Crippen LogP contribution in [0.2, 0.25) is 5.02 Å². The Morgan fingerprint density at radius 2 is 2.21 bits per heavy atom. The van der Waals surface area contributed by atoms with E-state index < -0.39 is 0 Å². The highest BCUT2D eigenvalue weighted by Gasteiger charge is 2.12. The molecule has 0 aliphatic heterocycles. The van der Waals surface area contributed by atoms with Crippen LogP contribution in [0.3, 0.4) is 0 Å². The summed E-state index contributed by atoms with van der Waals surface area (Å²) in [5.74, 6) is 0.223. The van der Waals surface area contributed by atoms with Crippen LogP contribution >= 0.6 is 11.6 Å². The molecule has 0 unspecified atom stereocenters. The van der Waals surface area contributed by atoms with Gasteiger partial charge in [0.05, 0.1) is 5.56 Å². The van der Waals surface area contributed by atoms with E-state index in [9.17, 15) is 4.39 Å². The lowest BCUT2D eigenvalue weighted by molar-refractivity contribution is 0.625. The van der Waals surface area contributed by atoms with Gasteiger partial charge >= 0.3 is 0 Å². The largest absolute Gasteiger partial charge is 0.354 e. The van der Waals surface area contributed by atoms with E-state index in [1.807, 2.05) is 12.1 Å². The molecule has 0 aliphatic rings. The SMILES string of the molecule is CN(Cc1cccc(F)c1)c1nccc(C#N)c1Cl. The van der Waals surface area contributed by atoms with E-state index >= 15 is 0 Å². The molecule has 0 saturated carbocycles. The molecule has 19 heavy (non-hydrogen) atoms. The summed E-state index contributed by atoms with van der Waals surface area (Å²) in [6.45, 7) is 0.458. The van der Waals surface area contributed by atoms with Crippen molar-refractivity contribution in [2.75, 3.05) is 11.9 Å². The molecule has 0 amide bonds. The Kier molecular flexibility index (Phi) is 3.98. The lowest BCUT2D eigenvalue weighted by atomic mass is 10.2. The van der Waals surface area contributed by atoms with Crippen LogP contribution in [0.25, 0.3) is 0 Å². The molecule has 0 N–H and O–H groups in total. The van der Waals surface area contributed by atoms with E-state index in [1.165, 1.54) is 18.3 Å². The van der Waals surface area contributed by atoms with Crippen molar-refractivity contribution in [3.8, 4) is 6.07 Å². The third-order valence-electron chi connectivity index (χ3n) is 2.66. The molecular formula is C14H11ClFN3. The van der Waals surface area contributed by atoms with Gasteiger partial charge in [-0.05, 0) is 23.8 Å². The third kappa shape index (κ3) is 3.01. The Morgan fingerprint density at radius 3 is 2.89 bits per heavy atom. The summed E-state index contributed by atoms with van der Waals surface area (Å²) >= 11 is 6.10. The van der Waals surface area contributed by atoms with E-state index in [0.29, 0.717) is 22.9 Å². The van der Waals surface area contributed by atoms with Crippen molar-refractivity contribution in [2.45, 2.75) is 6.54 Å². The fourth-order valence-corrected chi connectivity index (χ4v) is 2.07. The zero-order chi connectivity index (χ0) is 13.8. The van der Waals surface area contributed by atoms with Crippen molar-refractivity contribution < 1.29 is 4.39 Å². The number of halogens is 2. The first-order valence-electron chi connectivity index (χ1n) is 5.62. The standard InChI is InChI=1S/C14H11ClFN3/c1-19(9-10-3-2-4-12(16)7-10)14-13(15)11(8-17)5-6-18-14/h2-7H,9H2,1H3. The highest BCUT2D eigenvalue weighted by molar-refractivity contribution is 6.34. The first-order chi connectivity index (χ1) is 9.11. The summed E-state index contributed by atoms with van der Waals surface area (Å²) in [5.41, 5.74) is 1.18. The second-order valence-corrected chi connectivity index (χ2v) is 4.47. The maximum atomic E-state index is 13.1. The Morgan fingerprint density at radius 1 is 1.42 bits per heavy atom. The highest BCUT2D eigenvalue weighted by Crippen LogP contribution is 2.26. The number of pyridine rings is 1. The normalized spacial score (nSPS) is 10.0. The number of benzene rings is 1. The van der Waals surface area contributed by atoms with E-state index in [0.717, 1.165) is 5.56 Å². The molecule has 0 radical (unpaired) electrons. The van der Waals surface area contributed by atoms with Crippen LogP contribution in [0, 0.1) is 17.1 Å². The first-order valence-corrected chi connectivity index (χ1v) is 6.00. The van der Waals surface area contributed by atoms with Gasteiger partial charge in [-0.15, -0.1) is 0 Å². The minimum Gasteiger partial charge on any atom is -0.354 e. The van der Waals surface area contributed by atoms with Gasteiger partial charge < -0.3 is 4.90 Å². The van der Waals surface area contributed by atoms with Crippen LogP contribution in [-0.2, 0) is 6.54 Å². The van der Waals surface area contributed by atoms with Crippen molar-refractivity contribution in [3.63, 3.8) is 0 Å². The smallest absolute Gasteiger partial charge is 0.148 e. The van der Waals surface area contributed by atoms with Gasteiger partial charge in [-0.25, -0.2) is 9.37 Å². The molecule has 0 saturated heterocycles. The molecule has 96 valence electrons. The second-order valence-electron chi connectivity index (χ2n) is 4.09. The number of hydrogen-bond donors (Lipinski definition) is 0. The van der Waals surface area contributed by atoms with Crippen molar-refractivity contribution in [1.29, 1.82) is 5.26 Å². The number of rotatable bonds is 3. The van der Waals surface area contributed by atoms with E-state index in [2.05, 4.69) is 4.98 Å². The zero-order valence-electron chi connectivity index (χ0n) is 10.3. The summed E-state index contributed by atoms with van der Waals surface area (Å²) in [6, 6.07) is 9.89. The van der Waals surface area contributed by atoms with Crippen molar-refractivity contribution in [1.82, 2.24) is 4.98 Å². The second kappa shape index (κ2) is 5.68. The summed E-state index contributed by atoms with van der Waals surface area (Å²) < 4.78 is 13.1. The van der Waals surface area contributed by atoms with Gasteiger partial charge in [0.1, 0.15) is 22.7 Å². The fraction of sp³-hybridized carbons (Fsp3) is 0.143. The molecule has 1 aromatic heterocycles. The Balaban J connectivity index is 2.26. The quantitative estimate of drug-likeness (QED) is 0.862. The minimum absolute atomic E-state index is 0.282. The maximum Gasteiger partial charge on any atom is 0.148 e. The van der Waals surface area contributed by atoms with E-state index in [1.54, 1.807) is 24.1 Å². The lowest BCUT2D eigenvalue weighted by Gasteiger charge is -2.19. The lowest BCUT2D eigenvalue weighted by Crippen LogP contribution is -2.18. The molecule has 5 heteroatoms. The summed E-state index contributed by atoms with van der Waals surface area (Å²) in [4.78, 5) is 5.93. The zero-order valence-corrected chi connectivity index (χ0v) is 11.0. The Hall–Kier alpha value is -2.12. The molecule has 0 spiro atoms. The van der Waals surface area contributed by atoms with E-state index in [-0.39, 0.29) is 5.82 Å². The highest BCUT2D eigenvalue weighted by atomic mass is 35.5. The van der Waals surface area contributed by atoms with Crippen LogP contribution in [0.5, 0.6) is 0 Å². The van der Waals surface area contributed by atoms with Gasteiger partial charge in [-0.3, -0.25) is 0 Å². The van der Waals surface area contributed by atoms with Crippen LogP contribution in [0.1, 0.15) is 11.1 Å². The maximum absolute atomic E-state index is 13.1. The van der Waals surface area contributed by atoms with Crippen LogP contribution in [0.15, 0.2) is 36.5 Å². The van der Waals surface area contributed by atoms with Gasteiger partial charge in [0.15, 0.2) is 0 Å². The molecule has 0 aliphatic carbocycles. The Bertz CT molecular complexity index is 637. The monoisotopic (exact) mass is 275 g/mol. The molecule has 1 heterocycles. The van der Waals surface area contributed by atoms with E-state index in [4.69, 9.17) is 16.9 Å². The number of nitrogens with zero attached hydrogens (tertiary/aromatic N) is 3. The summed E-state index contributed by atoms with van der Waals surface area (Å²) in [5, 5.41) is 9.23. The average molecular weight is 276 g/mol. The van der Waals surface area contributed by atoms with Crippen molar-refractivity contribution in [3.05, 3.63) is 58.5 Å². The van der Waals surface area contributed by atoms with Gasteiger partial charge in [-0.2, -0.15) is 5.26 Å². The van der Waals surface area contributed by atoms with Crippen LogP contribution in [-0.4, -0.2) is 12.0 Å². The predicted molar refractivity (Wildman–Crippen MR) is 72.5 cm³/mol. The third-order valence-corrected chi connectivity index (χ3v) is 3.03.